The number of hydrogen-bond donors (Lipinski definition) is 1. The van der Waals surface area contributed by atoms with Crippen molar-refractivity contribution in [1.82, 2.24) is 9.47 Å². The number of oxazole rings is 1. The minimum atomic E-state index is -0.839. The molecule has 0 amide bonds. The summed E-state index contributed by atoms with van der Waals surface area (Å²) in [7, 11) is 0. The molecule has 0 radical (unpaired) electrons. The topological polar surface area (TPSA) is 75.7 Å². The first kappa shape index (κ1) is 20.4. The second-order valence-corrected chi connectivity index (χ2v) is 8.33. The van der Waals surface area contributed by atoms with E-state index in [9.17, 15) is 14.7 Å². The fourth-order valence-electron chi connectivity index (χ4n) is 4.40. The van der Waals surface area contributed by atoms with Gasteiger partial charge < -0.3 is 9.52 Å². The van der Waals surface area contributed by atoms with Gasteiger partial charge in [0.2, 0.25) is 0 Å². The number of fused-ring (bicyclic) bond motifs is 1. The number of piperidine rings is 1. The number of carbonyl (C=O) groups is 1. The van der Waals surface area contributed by atoms with Crippen LogP contribution in [0.2, 0.25) is 0 Å². The zero-order chi connectivity index (χ0) is 22.1. The minimum absolute atomic E-state index is 0.112. The number of benzene rings is 3. The van der Waals surface area contributed by atoms with E-state index in [0.717, 1.165) is 5.56 Å². The van der Waals surface area contributed by atoms with Gasteiger partial charge in [0.05, 0.1) is 17.8 Å². The fourth-order valence-corrected chi connectivity index (χ4v) is 4.40. The average molecular weight is 428 g/mol. The van der Waals surface area contributed by atoms with E-state index in [1.165, 1.54) is 0 Å². The Bertz CT molecular complexity index is 1300. The van der Waals surface area contributed by atoms with Crippen molar-refractivity contribution in [1.29, 1.82) is 0 Å². The number of aromatic nitrogens is 1. The molecule has 0 bridgehead atoms. The zero-order valence-electron chi connectivity index (χ0n) is 17.6. The first-order chi connectivity index (χ1) is 15.5. The molecule has 4 aromatic rings. The monoisotopic (exact) mass is 428 g/mol. The molecule has 1 aromatic heterocycles. The van der Waals surface area contributed by atoms with Gasteiger partial charge in [0.15, 0.2) is 11.4 Å². The maximum absolute atomic E-state index is 12.7. The second-order valence-electron chi connectivity index (χ2n) is 8.33. The number of rotatable bonds is 5. The van der Waals surface area contributed by atoms with E-state index in [2.05, 4.69) is 4.90 Å². The molecule has 32 heavy (non-hydrogen) atoms. The van der Waals surface area contributed by atoms with Crippen molar-refractivity contribution in [2.75, 3.05) is 13.1 Å². The number of hydrogen-bond acceptors (Lipinski definition) is 5. The molecule has 6 nitrogen and oxygen atoms in total. The average Bonchev–Trinajstić information content (AvgIpc) is 3.15. The van der Waals surface area contributed by atoms with Gasteiger partial charge in [-0.15, -0.1) is 0 Å². The number of likely N-dealkylation sites (tertiary alicyclic amines) is 1. The molecule has 0 saturated carbocycles. The van der Waals surface area contributed by atoms with Gasteiger partial charge in [0, 0.05) is 24.2 Å². The van der Waals surface area contributed by atoms with Crippen LogP contribution in [0.15, 0.2) is 88.1 Å². The van der Waals surface area contributed by atoms with Crippen molar-refractivity contribution in [3.05, 3.63) is 106 Å². The molecule has 3 aromatic carbocycles. The highest BCUT2D eigenvalue weighted by Crippen LogP contribution is 2.32. The van der Waals surface area contributed by atoms with Gasteiger partial charge in [0.1, 0.15) is 0 Å². The maximum Gasteiger partial charge on any atom is 0.421 e. The van der Waals surface area contributed by atoms with E-state index in [-0.39, 0.29) is 5.78 Å². The van der Waals surface area contributed by atoms with Crippen LogP contribution in [-0.2, 0) is 12.3 Å². The third-order valence-corrected chi connectivity index (χ3v) is 6.30. The highest BCUT2D eigenvalue weighted by Gasteiger charge is 2.34. The van der Waals surface area contributed by atoms with Crippen molar-refractivity contribution in [3.8, 4) is 0 Å². The second kappa shape index (κ2) is 8.22. The van der Waals surface area contributed by atoms with Crippen LogP contribution in [0.4, 0.5) is 0 Å². The van der Waals surface area contributed by atoms with Crippen molar-refractivity contribution in [3.63, 3.8) is 0 Å². The highest BCUT2D eigenvalue weighted by molar-refractivity contribution is 6.10. The summed E-state index contributed by atoms with van der Waals surface area (Å²) in [5.74, 6) is -0.563. The number of carbonyl (C=O) groups excluding carboxylic acids is 1. The summed E-state index contributed by atoms with van der Waals surface area (Å²) in [5.41, 5.74) is 2.22. The molecule has 162 valence electrons. The summed E-state index contributed by atoms with van der Waals surface area (Å²) in [4.78, 5) is 27.4. The lowest BCUT2D eigenvalue weighted by molar-refractivity contribution is -0.0327. The lowest BCUT2D eigenvalue weighted by Gasteiger charge is -2.38. The molecule has 1 saturated heterocycles. The Labute approximate surface area is 185 Å². The normalized spacial score (nSPS) is 16.3. The minimum Gasteiger partial charge on any atom is -0.408 e. The summed E-state index contributed by atoms with van der Waals surface area (Å²) in [5, 5.41) is 11.0. The largest absolute Gasteiger partial charge is 0.421 e. The van der Waals surface area contributed by atoms with Gasteiger partial charge in [-0.1, -0.05) is 60.7 Å². The smallest absolute Gasteiger partial charge is 0.408 e. The summed E-state index contributed by atoms with van der Waals surface area (Å²) in [6.07, 6.45) is 1.19. The maximum atomic E-state index is 12.7. The van der Waals surface area contributed by atoms with E-state index >= 15 is 0 Å². The Balaban J connectivity index is 1.34. The molecule has 1 aliphatic rings. The SMILES string of the molecule is O=C(c1ccccc1)c1ccc2c(c1)oc(=O)n2CN1CCC(O)(c2ccccc2)CC1. The van der Waals surface area contributed by atoms with Gasteiger partial charge in [-0.25, -0.2) is 4.79 Å². The van der Waals surface area contributed by atoms with Crippen LogP contribution in [0.1, 0.15) is 34.3 Å². The molecular formula is C26H24N2O4. The predicted molar refractivity (Wildman–Crippen MR) is 121 cm³/mol. The van der Waals surface area contributed by atoms with Crippen molar-refractivity contribution < 1.29 is 14.3 Å². The molecule has 6 heteroatoms. The zero-order valence-corrected chi connectivity index (χ0v) is 17.6. The van der Waals surface area contributed by atoms with E-state index in [1.807, 2.05) is 48.5 Å². The fraction of sp³-hybridized carbons (Fsp3) is 0.231. The summed E-state index contributed by atoms with van der Waals surface area (Å²) >= 11 is 0. The van der Waals surface area contributed by atoms with Gasteiger partial charge in [-0.2, -0.15) is 0 Å². The number of ketones is 1. The van der Waals surface area contributed by atoms with Crippen molar-refractivity contribution in [2.24, 2.45) is 0 Å². The van der Waals surface area contributed by atoms with E-state index < -0.39 is 11.4 Å². The molecule has 1 fully saturated rings. The lowest BCUT2D eigenvalue weighted by Crippen LogP contribution is -2.44. The van der Waals surface area contributed by atoms with Crippen LogP contribution in [-0.4, -0.2) is 33.4 Å². The quantitative estimate of drug-likeness (QED) is 0.490. The number of nitrogens with zero attached hydrogens (tertiary/aromatic N) is 2. The summed E-state index contributed by atoms with van der Waals surface area (Å²) in [6.45, 7) is 1.70. The van der Waals surface area contributed by atoms with Crippen molar-refractivity contribution in [2.45, 2.75) is 25.1 Å². The Morgan fingerprint density at radius 2 is 1.56 bits per heavy atom. The Morgan fingerprint density at radius 3 is 2.25 bits per heavy atom. The van der Waals surface area contributed by atoms with Crippen LogP contribution in [0.3, 0.4) is 0 Å². The molecule has 0 unspecified atom stereocenters. The third kappa shape index (κ3) is 3.79. The van der Waals surface area contributed by atoms with Crippen LogP contribution >= 0.6 is 0 Å². The molecule has 0 aliphatic carbocycles. The Hall–Kier alpha value is -3.48. The standard InChI is InChI=1S/C26H24N2O4/c29-24(19-7-3-1-4-8-19)20-11-12-22-23(17-20)32-25(30)28(22)18-27-15-13-26(31,14-16-27)21-9-5-2-6-10-21/h1-12,17,31H,13-16,18H2. The Morgan fingerprint density at radius 1 is 0.906 bits per heavy atom. The van der Waals surface area contributed by atoms with Gasteiger partial charge in [-0.3, -0.25) is 14.3 Å². The third-order valence-electron chi connectivity index (χ3n) is 6.30. The van der Waals surface area contributed by atoms with E-state index in [1.54, 1.807) is 34.9 Å². The Kier molecular flexibility index (Phi) is 5.25. The predicted octanol–water partition coefficient (Wildman–Crippen LogP) is 3.77. The molecule has 5 rings (SSSR count). The first-order valence-corrected chi connectivity index (χ1v) is 10.8. The van der Waals surface area contributed by atoms with Gasteiger partial charge in [-0.05, 0) is 36.6 Å². The molecule has 0 spiro atoms. The molecular weight excluding hydrogens is 404 g/mol. The van der Waals surface area contributed by atoms with Gasteiger partial charge in [0.25, 0.3) is 0 Å². The summed E-state index contributed by atoms with van der Waals surface area (Å²) < 4.78 is 7.04. The molecule has 2 heterocycles. The molecule has 1 N–H and O–H groups in total. The van der Waals surface area contributed by atoms with Crippen molar-refractivity contribution >= 4 is 16.9 Å². The van der Waals surface area contributed by atoms with Crippen LogP contribution in [0.25, 0.3) is 11.1 Å². The molecule has 1 aliphatic heterocycles. The van der Waals surface area contributed by atoms with Crippen LogP contribution in [0, 0.1) is 0 Å². The van der Waals surface area contributed by atoms with E-state index in [0.29, 0.717) is 54.8 Å². The molecule has 0 atom stereocenters. The van der Waals surface area contributed by atoms with E-state index in [4.69, 9.17) is 4.42 Å². The first-order valence-electron chi connectivity index (χ1n) is 10.8. The van der Waals surface area contributed by atoms with Crippen LogP contribution < -0.4 is 5.76 Å². The lowest BCUT2D eigenvalue weighted by atomic mass is 9.84. The highest BCUT2D eigenvalue weighted by atomic mass is 16.4. The number of aliphatic hydroxyl groups is 1. The summed E-state index contributed by atoms with van der Waals surface area (Å²) in [6, 6.07) is 23.9. The van der Waals surface area contributed by atoms with Gasteiger partial charge >= 0.3 is 5.76 Å². The van der Waals surface area contributed by atoms with Crippen LogP contribution in [0.5, 0.6) is 0 Å².